The molecule has 0 spiro atoms. The zero-order valence-electron chi connectivity index (χ0n) is 48.1. The standard InChI is InChI=1S/C63H119N2O6P/c1-6-8-10-12-14-16-18-20-22-24-26-28-29-30-31-32-33-34-35-37-39-41-43-45-47-49-51-53-55-57-63(67)64-61(60-71-72(68,69)70-59-58-65(3,4)5)62(66)56-54-52-50-48-46-44-42-40-38-36-27-25-23-21-19-17-15-13-11-9-7-2/h8,10,14,16,20,22,26,28,30-31,61-62,66H,6-7,9,11-13,15,17-19,21,23-25,27,29,32-60H2,1-5H3,(H-,64,67,68,69)/b10-8-,16-14-,22-20-,28-26-,31-30-. The summed E-state index contributed by atoms with van der Waals surface area (Å²) in [5.74, 6) is -0.165. The molecule has 422 valence electrons. The fourth-order valence-corrected chi connectivity index (χ4v) is 9.73. The Hall–Kier alpha value is -1.80. The van der Waals surface area contributed by atoms with Gasteiger partial charge in [-0.15, -0.1) is 0 Å². The number of phosphoric acid groups is 1. The number of carbonyl (C=O) groups is 1. The lowest BCUT2D eigenvalue weighted by Gasteiger charge is -2.30. The number of aliphatic hydroxyl groups is 1. The van der Waals surface area contributed by atoms with E-state index in [1.807, 2.05) is 21.1 Å². The van der Waals surface area contributed by atoms with Crippen molar-refractivity contribution in [3.8, 4) is 0 Å². The van der Waals surface area contributed by atoms with E-state index in [1.54, 1.807) is 0 Å². The number of nitrogens with one attached hydrogen (secondary N) is 1. The number of hydrogen-bond donors (Lipinski definition) is 2. The summed E-state index contributed by atoms with van der Waals surface area (Å²) < 4.78 is 23.5. The molecule has 1 amide bonds. The van der Waals surface area contributed by atoms with Gasteiger partial charge in [-0.25, -0.2) is 0 Å². The molecule has 0 aromatic rings. The third-order valence-corrected chi connectivity index (χ3v) is 14.7. The van der Waals surface area contributed by atoms with Crippen molar-refractivity contribution >= 4 is 13.7 Å². The van der Waals surface area contributed by atoms with Gasteiger partial charge in [-0.1, -0.05) is 280 Å². The normalized spacial score (nSPS) is 14.3. The van der Waals surface area contributed by atoms with E-state index in [-0.39, 0.29) is 19.1 Å². The predicted molar refractivity (Wildman–Crippen MR) is 311 cm³/mol. The first kappa shape index (κ1) is 70.2. The van der Waals surface area contributed by atoms with E-state index in [2.05, 4.69) is 79.9 Å². The minimum Gasteiger partial charge on any atom is -0.756 e. The van der Waals surface area contributed by atoms with Crippen molar-refractivity contribution in [1.29, 1.82) is 0 Å². The van der Waals surface area contributed by atoms with Crippen molar-refractivity contribution in [2.24, 2.45) is 0 Å². The second kappa shape index (κ2) is 54.0. The van der Waals surface area contributed by atoms with Crippen molar-refractivity contribution in [2.75, 3.05) is 40.9 Å². The molecule has 0 aliphatic heterocycles. The third-order valence-electron chi connectivity index (χ3n) is 13.8. The molecule has 0 aliphatic rings. The Balaban J connectivity index is 4.12. The molecule has 0 aromatic heterocycles. The first-order valence-electron chi connectivity index (χ1n) is 30.6. The Labute approximate surface area is 447 Å². The van der Waals surface area contributed by atoms with Crippen molar-refractivity contribution in [3.05, 3.63) is 60.8 Å². The summed E-state index contributed by atoms with van der Waals surface area (Å²) in [6.45, 7) is 4.64. The van der Waals surface area contributed by atoms with Crippen LogP contribution in [0.25, 0.3) is 0 Å². The number of carbonyl (C=O) groups excluding carboxylic acids is 1. The van der Waals surface area contributed by atoms with Gasteiger partial charge in [-0.3, -0.25) is 9.36 Å². The SMILES string of the molecule is CC/C=C\C/C=C\C/C=C\C/C=C\C/C=C\CCCCCCCCCCCCCCCC(=O)NC(COP(=O)([O-])OCC[N+](C)(C)C)C(O)CCCCCCCCCCCCCCCCCCCCCCC. The number of hydrogen-bond acceptors (Lipinski definition) is 6. The number of allylic oxidation sites excluding steroid dienone is 10. The predicted octanol–water partition coefficient (Wildman–Crippen LogP) is 18.2. The summed E-state index contributed by atoms with van der Waals surface area (Å²) in [5.41, 5.74) is 0. The fraction of sp³-hybridized carbons (Fsp3) is 0.825. The second-order valence-electron chi connectivity index (χ2n) is 22.0. The lowest BCUT2D eigenvalue weighted by molar-refractivity contribution is -0.870. The Morgan fingerprint density at radius 1 is 0.500 bits per heavy atom. The van der Waals surface area contributed by atoms with E-state index in [0.29, 0.717) is 23.9 Å². The van der Waals surface area contributed by atoms with E-state index in [4.69, 9.17) is 9.05 Å². The van der Waals surface area contributed by atoms with Gasteiger partial charge in [0.05, 0.1) is 39.9 Å². The number of phosphoric ester groups is 1. The van der Waals surface area contributed by atoms with Crippen molar-refractivity contribution in [2.45, 2.75) is 296 Å². The quantitative estimate of drug-likeness (QED) is 0.0272. The number of amides is 1. The maximum atomic E-state index is 13.0. The maximum absolute atomic E-state index is 13.0. The summed E-state index contributed by atoms with van der Waals surface area (Å²) in [6, 6.07) is -0.804. The molecule has 9 heteroatoms. The van der Waals surface area contributed by atoms with E-state index in [1.165, 1.54) is 186 Å². The summed E-state index contributed by atoms with van der Waals surface area (Å²) in [6.07, 6.45) is 72.6. The Kier molecular flexibility index (Phi) is 52.7. The molecular formula is C63H119N2O6P. The average molecular weight is 1030 g/mol. The van der Waals surface area contributed by atoms with Crippen LogP contribution in [0.5, 0.6) is 0 Å². The van der Waals surface area contributed by atoms with Gasteiger partial charge in [0.2, 0.25) is 5.91 Å². The number of unbranched alkanes of at least 4 members (excludes halogenated alkanes) is 33. The van der Waals surface area contributed by atoms with Crippen molar-refractivity contribution in [1.82, 2.24) is 5.32 Å². The molecule has 3 atom stereocenters. The average Bonchev–Trinajstić information content (AvgIpc) is 3.34. The van der Waals surface area contributed by atoms with Gasteiger partial charge < -0.3 is 28.8 Å². The molecule has 0 rings (SSSR count). The first-order chi connectivity index (χ1) is 35.0. The molecule has 0 radical (unpaired) electrons. The Morgan fingerprint density at radius 2 is 0.847 bits per heavy atom. The number of quaternary nitrogens is 1. The highest BCUT2D eigenvalue weighted by molar-refractivity contribution is 7.45. The molecule has 0 aliphatic carbocycles. The lowest BCUT2D eigenvalue weighted by atomic mass is 10.0. The van der Waals surface area contributed by atoms with Gasteiger partial charge >= 0.3 is 0 Å². The smallest absolute Gasteiger partial charge is 0.268 e. The highest BCUT2D eigenvalue weighted by atomic mass is 31.2. The minimum atomic E-state index is -4.58. The molecular weight excluding hydrogens is 912 g/mol. The number of rotatable bonds is 56. The third kappa shape index (κ3) is 55.9. The maximum Gasteiger partial charge on any atom is 0.268 e. The zero-order chi connectivity index (χ0) is 52.7. The highest BCUT2D eigenvalue weighted by Gasteiger charge is 2.24. The summed E-state index contributed by atoms with van der Waals surface area (Å²) >= 11 is 0. The molecule has 0 saturated carbocycles. The number of nitrogens with zero attached hydrogens (tertiary/aromatic N) is 1. The summed E-state index contributed by atoms with van der Waals surface area (Å²) in [7, 11) is 1.31. The van der Waals surface area contributed by atoms with Crippen LogP contribution in [0.3, 0.4) is 0 Å². The van der Waals surface area contributed by atoms with Crippen LogP contribution in [0.2, 0.25) is 0 Å². The monoisotopic (exact) mass is 1030 g/mol. The van der Waals surface area contributed by atoms with Crippen LogP contribution >= 0.6 is 7.82 Å². The molecule has 0 bridgehead atoms. The largest absolute Gasteiger partial charge is 0.756 e. The fourth-order valence-electron chi connectivity index (χ4n) is 9.01. The van der Waals surface area contributed by atoms with Crippen LogP contribution in [0.1, 0.15) is 284 Å². The van der Waals surface area contributed by atoms with Gasteiger partial charge in [-0.05, 0) is 57.8 Å². The van der Waals surface area contributed by atoms with Crippen LogP contribution in [0, 0.1) is 0 Å². The zero-order valence-corrected chi connectivity index (χ0v) is 49.0. The minimum absolute atomic E-state index is 0.0111. The van der Waals surface area contributed by atoms with Crippen LogP contribution in [-0.4, -0.2) is 68.5 Å². The topological polar surface area (TPSA) is 108 Å². The van der Waals surface area contributed by atoms with E-state index < -0.39 is 20.0 Å². The lowest BCUT2D eigenvalue weighted by Crippen LogP contribution is -2.46. The van der Waals surface area contributed by atoms with Gasteiger partial charge in [0.1, 0.15) is 13.2 Å². The van der Waals surface area contributed by atoms with Gasteiger partial charge in [0.25, 0.3) is 7.82 Å². The number of aliphatic hydroxyl groups excluding tert-OH is 1. The number of likely N-dealkylation sites (N-methyl/N-ethyl adjacent to an activating group) is 1. The van der Waals surface area contributed by atoms with E-state index in [9.17, 15) is 19.4 Å². The molecule has 0 heterocycles. The van der Waals surface area contributed by atoms with Gasteiger partial charge in [0.15, 0.2) is 0 Å². The highest BCUT2D eigenvalue weighted by Crippen LogP contribution is 2.38. The van der Waals surface area contributed by atoms with E-state index in [0.717, 1.165) is 70.6 Å². The molecule has 2 N–H and O–H groups in total. The second-order valence-corrected chi connectivity index (χ2v) is 23.4. The molecule has 8 nitrogen and oxygen atoms in total. The van der Waals surface area contributed by atoms with E-state index >= 15 is 0 Å². The molecule has 72 heavy (non-hydrogen) atoms. The Bertz CT molecular complexity index is 1360. The van der Waals surface area contributed by atoms with Gasteiger partial charge in [-0.2, -0.15) is 0 Å². The first-order valence-corrected chi connectivity index (χ1v) is 32.1. The van der Waals surface area contributed by atoms with Crippen LogP contribution in [0.15, 0.2) is 60.8 Å². The van der Waals surface area contributed by atoms with Crippen LogP contribution < -0.4 is 10.2 Å². The molecule has 0 aromatic carbocycles. The molecule has 3 unspecified atom stereocenters. The Morgan fingerprint density at radius 3 is 1.24 bits per heavy atom. The van der Waals surface area contributed by atoms with Crippen molar-refractivity contribution in [3.63, 3.8) is 0 Å². The van der Waals surface area contributed by atoms with Crippen molar-refractivity contribution < 1.29 is 32.9 Å². The molecule has 0 fully saturated rings. The molecule has 0 saturated heterocycles. The van der Waals surface area contributed by atoms with Crippen LogP contribution in [-0.2, 0) is 18.4 Å². The van der Waals surface area contributed by atoms with Gasteiger partial charge in [0, 0.05) is 6.42 Å². The summed E-state index contributed by atoms with van der Waals surface area (Å²) in [4.78, 5) is 25.6. The van der Waals surface area contributed by atoms with Crippen LogP contribution in [0.4, 0.5) is 0 Å². The summed E-state index contributed by atoms with van der Waals surface area (Å²) in [5, 5.41) is 14.1.